The van der Waals surface area contributed by atoms with Crippen LogP contribution in [0.25, 0.3) is 11.0 Å². The molecule has 0 saturated carbocycles. The second-order valence-corrected chi connectivity index (χ2v) is 5.90. The fourth-order valence-corrected chi connectivity index (χ4v) is 2.21. The van der Waals surface area contributed by atoms with Crippen LogP contribution in [0.1, 0.15) is 70.7 Å². The molecule has 2 heterocycles. The average Bonchev–Trinajstić information content (AvgIpc) is 2.67. The first-order chi connectivity index (χ1) is 8.41. The van der Waals surface area contributed by atoms with Gasteiger partial charge < -0.3 is 4.57 Å². The molecule has 2 rings (SSSR count). The molecule has 0 aliphatic rings. The molecule has 3 heteroatoms. The van der Waals surface area contributed by atoms with Crippen molar-refractivity contribution >= 4 is 11.0 Å². The van der Waals surface area contributed by atoms with Gasteiger partial charge in [0.25, 0.3) is 0 Å². The molecule has 3 nitrogen and oxygen atoms in total. The highest BCUT2D eigenvalue weighted by Gasteiger charge is 2.16. The minimum absolute atomic E-state index is 0.417. The maximum Gasteiger partial charge on any atom is 0.114 e. The van der Waals surface area contributed by atoms with Crippen molar-refractivity contribution in [1.29, 1.82) is 0 Å². The smallest absolute Gasteiger partial charge is 0.114 e. The summed E-state index contributed by atoms with van der Waals surface area (Å²) < 4.78 is 2.31. The molecule has 0 spiro atoms. The van der Waals surface area contributed by atoms with Crippen molar-refractivity contribution in [3.8, 4) is 0 Å². The van der Waals surface area contributed by atoms with Crippen LogP contribution < -0.4 is 0 Å². The molecule has 0 aromatic carbocycles. The van der Waals surface area contributed by atoms with Gasteiger partial charge in [-0.2, -0.15) is 5.10 Å². The Morgan fingerprint density at radius 2 is 1.61 bits per heavy atom. The summed E-state index contributed by atoms with van der Waals surface area (Å²) in [6.07, 6.45) is 2.23. The Morgan fingerprint density at radius 3 is 2.11 bits per heavy atom. The van der Waals surface area contributed by atoms with E-state index in [1.54, 1.807) is 0 Å². The lowest BCUT2D eigenvalue weighted by Crippen LogP contribution is -2.01. The van der Waals surface area contributed by atoms with Crippen LogP contribution in [0, 0.1) is 0 Å². The Labute approximate surface area is 109 Å². The normalized spacial score (nSPS) is 12.3. The molecule has 0 saturated heterocycles. The van der Waals surface area contributed by atoms with Crippen molar-refractivity contribution in [3.05, 3.63) is 23.5 Å². The Bertz CT molecular complexity index is 550. The van der Waals surface area contributed by atoms with E-state index < -0.39 is 0 Å². The highest BCUT2D eigenvalue weighted by molar-refractivity contribution is 5.80. The molecule has 0 aliphatic carbocycles. The molecule has 0 atom stereocenters. The minimum Gasteiger partial charge on any atom is -0.343 e. The molecule has 98 valence electrons. The van der Waals surface area contributed by atoms with Crippen molar-refractivity contribution < 1.29 is 0 Å². The van der Waals surface area contributed by atoms with Gasteiger partial charge in [0.15, 0.2) is 0 Å². The zero-order valence-electron chi connectivity index (χ0n) is 12.2. The zero-order valence-corrected chi connectivity index (χ0v) is 12.2. The summed E-state index contributed by atoms with van der Waals surface area (Å²) in [5, 5.41) is 8.81. The first-order valence-corrected chi connectivity index (χ1v) is 6.79. The molecule has 0 amide bonds. The SMILES string of the molecule is CC(C)c1cc2c(nn1)c(C(C)C)cn2C(C)C. The Morgan fingerprint density at radius 1 is 0.944 bits per heavy atom. The molecule has 0 unspecified atom stereocenters. The lowest BCUT2D eigenvalue weighted by Gasteiger charge is -2.10. The topological polar surface area (TPSA) is 30.7 Å². The standard InChI is InChI=1S/C15H23N3/c1-9(2)12-8-18(11(5)6)14-7-13(10(3)4)16-17-15(12)14/h7-11H,1-6H3. The van der Waals surface area contributed by atoms with Crippen molar-refractivity contribution in [1.82, 2.24) is 14.8 Å². The average molecular weight is 245 g/mol. The predicted molar refractivity (Wildman–Crippen MR) is 76.1 cm³/mol. The van der Waals surface area contributed by atoms with E-state index in [0.717, 1.165) is 11.2 Å². The molecule has 18 heavy (non-hydrogen) atoms. The quantitative estimate of drug-likeness (QED) is 0.809. The van der Waals surface area contributed by atoms with Crippen LogP contribution in [0.4, 0.5) is 0 Å². The molecular formula is C15H23N3. The molecule has 0 fully saturated rings. The summed E-state index contributed by atoms with van der Waals surface area (Å²) in [6.45, 7) is 13.1. The second-order valence-electron chi connectivity index (χ2n) is 5.90. The van der Waals surface area contributed by atoms with E-state index in [-0.39, 0.29) is 0 Å². The number of nitrogens with zero attached hydrogens (tertiary/aromatic N) is 3. The molecule has 0 N–H and O–H groups in total. The van der Waals surface area contributed by atoms with E-state index in [9.17, 15) is 0 Å². The van der Waals surface area contributed by atoms with Crippen LogP contribution in [0.3, 0.4) is 0 Å². The van der Waals surface area contributed by atoms with Crippen molar-refractivity contribution in [2.24, 2.45) is 0 Å². The molecule has 0 radical (unpaired) electrons. The van der Waals surface area contributed by atoms with E-state index in [0.29, 0.717) is 17.9 Å². The van der Waals surface area contributed by atoms with Crippen molar-refractivity contribution in [2.45, 2.75) is 59.4 Å². The van der Waals surface area contributed by atoms with Gasteiger partial charge in [0.05, 0.1) is 11.2 Å². The Kier molecular flexibility index (Phi) is 3.42. The molecule has 0 bridgehead atoms. The third-order valence-electron chi connectivity index (χ3n) is 3.39. The van der Waals surface area contributed by atoms with Gasteiger partial charge in [-0.05, 0) is 31.7 Å². The highest BCUT2D eigenvalue weighted by atomic mass is 15.1. The summed E-state index contributed by atoms with van der Waals surface area (Å²) in [6, 6.07) is 2.64. The summed E-state index contributed by atoms with van der Waals surface area (Å²) in [7, 11) is 0. The van der Waals surface area contributed by atoms with Gasteiger partial charge in [-0.1, -0.05) is 27.7 Å². The third kappa shape index (κ3) is 2.14. The summed E-state index contributed by atoms with van der Waals surface area (Å²) in [5.74, 6) is 0.895. The van der Waals surface area contributed by atoms with E-state index in [1.807, 2.05) is 0 Å². The van der Waals surface area contributed by atoms with E-state index in [1.165, 1.54) is 11.1 Å². The van der Waals surface area contributed by atoms with Gasteiger partial charge >= 0.3 is 0 Å². The number of rotatable bonds is 3. The highest BCUT2D eigenvalue weighted by Crippen LogP contribution is 2.29. The summed E-state index contributed by atoms with van der Waals surface area (Å²) in [4.78, 5) is 0. The van der Waals surface area contributed by atoms with Gasteiger partial charge in [-0.25, -0.2) is 0 Å². The van der Waals surface area contributed by atoms with Crippen LogP contribution >= 0.6 is 0 Å². The Hall–Kier alpha value is -1.38. The molecule has 2 aromatic heterocycles. The number of fused-ring (bicyclic) bond motifs is 1. The van der Waals surface area contributed by atoms with Crippen LogP contribution in [0.5, 0.6) is 0 Å². The first-order valence-electron chi connectivity index (χ1n) is 6.79. The lowest BCUT2D eigenvalue weighted by molar-refractivity contribution is 0.618. The third-order valence-corrected chi connectivity index (χ3v) is 3.39. The fraction of sp³-hybridized carbons (Fsp3) is 0.600. The van der Waals surface area contributed by atoms with E-state index in [2.05, 4.69) is 68.6 Å². The van der Waals surface area contributed by atoms with Crippen molar-refractivity contribution in [2.75, 3.05) is 0 Å². The van der Waals surface area contributed by atoms with Gasteiger partial charge in [0, 0.05) is 17.8 Å². The largest absolute Gasteiger partial charge is 0.343 e. The van der Waals surface area contributed by atoms with E-state index >= 15 is 0 Å². The van der Waals surface area contributed by atoms with Crippen LogP contribution in [0.2, 0.25) is 0 Å². The van der Waals surface area contributed by atoms with Crippen molar-refractivity contribution in [3.63, 3.8) is 0 Å². The van der Waals surface area contributed by atoms with E-state index in [4.69, 9.17) is 0 Å². The van der Waals surface area contributed by atoms with Crippen LogP contribution in [-0.4, -0.2) is 14.8 Å². The second kappa shape index (κ2) is 4.71. The molecular weight excluding hydrogens is 222 g/mol. The zero-order chi connectivity index (χ0) is 13.4. The van der Waals surface area contributed by atoms with Crippen LogP contribution in [-0.2, 0) is 0 Å². The maximum atomic E-state index is 4.46. The van der Waals surface area contributed by atoms with Gasteiger partial charge in [-0.3, -0.25) is 0 Å². The fourth-order valence-electron chi connectivity index (χ4n) is 2.21. The number of aromatic nitrogens is 3. The number of hydrogen-bond donors (Lipinski definition) is 0. The monoisotopic (exact) mass is 245 g/mol. The number of hydrogen-bond acceptors (Lipinski definition) is 2. The van der Waals surface area contributed by atoms with Crippen LogP contribution in [0.15, 0.2) is 12.3 Å². The predicted octanol–water partition coefficient (Wildman–Crippen LogP) is 4.26. The molecule has 2 aromatic rings. The Balaban J connectivity index is 2.71. The maximum absolute atomic E-state index is 4.46. The van der Waals surface area contributed by atoms with Gasteiger partial charge in [0.2, 0.25) is 0 Å². The lowest BCUT2D eigenvalue weighted by atomic mass is 10.1. The first kappa shape index (κ1) is 13.1. The van der Waals surface area contributed by atoms with Gasteiger partial charge in [0.1, 0.15) is 5.52 Å². The minimum atomic E-state index is 0.417. The van der Waals surface area contributed by atoms with Gasteiger partial charge in [-0.15, -0.1) is 5.10 Å². The summed E-state index contributed by atoms with van der Waals surface area (Å²) in [5.41, 5.74) is 4.63. The summed E-state index contributed by atoms with van der Waals surface area (Å²) >= 11 is 0. The molecule has 0 aliphatic heterocycles.